The molecule has 0 aromatic carbocycles. The second-order valence-electron chi connectivity index (χ2n) is 3.79. The molecule has 80 valence electrons. The van der Waals surface area contributed by atoms with Gasteiger partial charge >= 0.3 is 6.09 Å². The van der Waals surface area contributed by atoms with Crippen LogP contribution in [-0.2, 0) is 14.3 Å². The van der Waals surface area contributed by atoms with Crippen molar-refractivity contribution in [1.82, 2.24) is 5.32 Å². The molecule has 0 heterocycles. The Morgan fingerprint density at radius 3 is 2.36 bits per heavy atom. The second kappa shape index (κ2) is 5.36. The first kappa shape index (κ1) is 12.6. The van der Waals surface area contributed by atoms with Gasteiger partial charge in [0.25, 0.3) is 0 Å². The second-order valence-corrected chi connectivity index (χ2v) is 3.79. The fourth-order valence-electron chi connectivity index (χ4n) is 0.711. The van der Waals surface area contributed by atoms with Crippen molar-refractivity contribution in [2.45, 2.75) is 38.8 Å². The van der Waals surface area contributed by atoms with E-state index in [9.17, 15) is 14.4 Å². The Morgan fingerprint density at radius 2 is 2.00 bits per heavy atom. The van der Waals surface area contributed by atoms with Crippen LogP contribution < -0.4 is 5.32 Å². The zero-order chi connectivity index (χ0) is 11.2. The number of hydrogen-bond donors (Lipinski definition) is 1. The van der Waals surface area contributed by atoms with Crippen LogP contribution in [-0.4, -0.2) is 30.3 Å². The summed E-state index contributed by atoms with van der Waals surface area (Å²) in [6.45, 7) is 5.13. The van der Waals surface area contributed by atoms with Crippen LogP contribution >= 0.6 is 0 Å². The van der Waals surface area contributed by atoms with Crippen LogP contribution in [0.5, 0.6) is 0 Å². The first-order valence-electron chi connectivity index (χ1n) is 4.27. The van der Waals surface area contributed by atoms with E-state index in [2.05, 4.69) is 5.32 Å². The van der Waals surface area contributed by atoms with Crippen molar-refractivity contribution in [3.63, 3.8) is 0 Å². The van der Waals surface area contributed by atoms with E-state index in [-0.39, 0.29) is 6.42 Å². The number of ether oxygens (including phenoxy) is 1. The lowest BCUT2D eigenvalue weighted by atomic mass is 10.2. The van der Waals surface area contributed by atoms with Gasteiger partial charge in [0.05, 0.1) is 6.04 Å². The molecule has 0 fully saturated rings. The summed E-state index contributed by atoms with van der Waals surface area (Å²) in [6.07, 6.45) is 0.328. The minimum absolute atomic E-state index is 0.0389. The van der Waals surface area contributed by atoms with Gasteiger partial charge in [-0.05, 0) is 20.8 Å². The molecular weight excluding hydrogens is 186 g/mol. The number of alkyl carbamates (subject to hydrolysis) is 1. The van der Waals surface area contributed by atoms with Crippen molar-refractivity contribution in [3.8, 4) is 0 Å². The minimum atomic E-state index is -0.803. The van der Waals surface area contributed by atoms with Gasteiger partial charge in [0, 0.05) is 6.42 Å². The highest BCUT2D eigenvalue weighted by atomic mass is 16.6. The van der Waals surface area contributed by atoms with E-state index in [4.69, 9.17) is 4.74 Å². The number of nitrogens with one attached hydrogen (secondary N) is 1. The first-order chi connectivity index (χ1) is 6.39. The van der Waals surface area contributed by atoms with Gasteiger partial charge in [-0.25, -0.2) is 4.79 Å². The maximum Gasteiger partial charge on any atom is 0.408 e. The van der Waals surface area contributed by atoms with Crippen molar-refractivity contribution in [2.75, 3.05) is 0 Å². The Bertz CT molecular complexity index is 219. The predicted molar refractivity (Wildman–Crippen MR) is 49.9 cm³/mol. The Hall–Kier alpha value is -1.39. The average molecular weight is 201 g/mol. The Labute approximate surface area is 82.8 Å². The van der Waals surface area contributed by atoms with Gasteiger partial charge in [-0.1, -0.05) is 0 Å². The molecule has 0 saturated carbocycles. The lowest BCUT2D eigenvalue weighted by Gasteiger charge is -2.20. The molecule has 0 aliphatic heterocycles. The molecule has 1 N–H and O–H groups in total. The number of amides is 1. The highest BCUT2D eigenvalue weighted by molar-refractivity contribution is 5.75. The summed E-state index contributed by atoms with van der Waals surface area (Å²) in [5.41, 5.74) is -0.612. The van der Waals surface area contributed by atoms with Crippen LogP contribution in [0.2, 0.25) is 0 Å². The van der Waals surface area contributed by atoms with Gasteiger partial charge in [-0.2, -0.15) is 0 Å². The van der Waals surface area contributed by atoms with E-state index in [1.54, 1.807) is 20.8 Å². The molecule has 0 aliphatic carbocycles. The topological polar surface area (TPSA) is 72.5 Å². The van der Waals surface area contributed by atoms with Crippen LogP contribution in [0.1, 0.15) is 27.2 Å². The summed E-state index contributed by atoms with van der Waals surface area (Å²) in [5.74, 6) is 0. The van der Waals surface area contributed by atoms with Crippen LogP contribution in [0.25, 0.3) is 0 Å². The fraction of sp³-hybridized carbons (Fsp3) is 0.667. The molecule has 0 unspecified atom stereocenters. The fourth-order valence-corrected chi connectivity index (χ4v) is 0.711. The summed E-state index contributed by atoms with van der Waals surface area (Å²) in [4.78, 5) is 31.6. The molecule has 0 aromatic heterocycles. The van der Waals surface area contributed by atoms with E-state index in [1.807, 2.05) is 0 Å². The van der Waals surface area contributed by atoms with Gasteiger partial charge in [0.15, 0.2) is 0 Å². The molecule has 0 radical (unpaired) electrons. The highest BCUT2D eigenvalue weighted by Crippen LogP contribution is 2.06. The highest BCUT2D eigenvalue weighted by Gasteiger charge is 2.18. The zero-order valence-corrected chi connectivity index (χ0v) is 8.57. The van der Waals surface area contributed by atoms with Gasteiger partial charge in [0.2, 0.25) is 0 Å². The number of carbonyl (C=O) groups is 3. The van der Waals surface area contributed by atoms with E-state index in [0.717, 1.165) is 0 Å². The van der Waals surface area contributed by atoms with E-state index < -0.39 is 17.7 Å². The molecule has 0 aromatic rings. The van der Waals surface area contributed by atoms with Crippen LogP contribution in [0, 0.1) is 0 Å². The SMILES string of the molecule is CC(C)(C)OC(=O)N[C@H](C=O)CC=O. The molecule has 0 bridgehead atoms. The van der Waals surface area contributed by atoms with Crippen molar-refractivity contribution < 1.29 is 19.1 Å². The largest absolute Gasteiger partial charge is 0.444 e. The van der Waals surface area contributed by atoms with Crippen molar-refractivity contribution in [3.05, 3.63) is 0 Å². The minimum Gasteiger partial charge on any atom is -0.444 e. The number of aldehydes is 2. The average Bonchev–Trinajstić information content (AvgIpc) is 2.00. The number of rotatable bonds is 4. The summed E-state index contributed by atoms with van der Waals surface area (Å²) in [7, 11) is 0. The third kappa shape index (κ3) is 6.16. The maximum absolute atomic E-state index is 11.1. The molecule has 5 heteroatoms. The third-order valence-electron chi connectivity index (χ3n) is 1.22. The molecule has 0 spiro atoms. The van der Waals surface area contributed by atoms with Gasteiger partial charge < -0.3 is 19.6 Å². The van der Waals surface area contributed by atoms with E-state index >= 15 is 0 Å². The maximum atomic E-state index is 11.1. The Morgan fingerprint density at radius 1 is 1.43 bits per heavy atom. The molecule has 0 rings (SSSR count). The summed E-state index contributed by atoms with van der Waals surface area (Å²) >= 11 is 0. The van der Waals surface area contributed by atoms with Crippen LogP contribution in [0.15, 0.2) is 0 Å². The first-order valence-corrected chi connectivity index (χ1v) is 4.27. The van der Waals surface area contributed by atoms with Crippen LogP contribution in [0.3, 0.4) is 0 Å². The lowest BCUT2D eigenvalue weighted by Crippen LogP contribution is -2.40. The molecule has 1 amide bonds. The molecule has 14 heavy (non-hydrogen) atoms. The Balaban J connectivity index is 4.03. The standard InChI is InChI=1S/C9H15NO4/c1-9(2,3)14-8(13)10-7(6-12)4-5-11/h5-7H,4H2,1-3H3,(H,10,13)/t7-/m0/s1. The predicted octanol–water partition coefficient (Wildman–Crippen LogP) is 0.668. The monoisotopic (exact) mass is 201 g/mol. The molecule has 0 aliphatic rings. The smallest absolute Gasteiger partial charge is 0.408 e. The van der Waals surface area contributed by atoms with Gasteiger partial charge in [0.1, 0.15) is 18.2 Å². The number of carbonyl (C=O) groups excluding carboxylic acids is 3. The molecule has 5 nitrogen and oxygen atoms in total. The lowest BCUT2D eigenvalue weighted by molar-refractivity contribution is -0.113. The van der Waals surface area contributed by atoms with E-state index in [1.165, 1.54) is 0 Å². The summed E-state index contributed by atoms with van der Waals surface area (Å²) < 4.78 is 4.89. The third-order valence-corrected chi connectivity index (χ3v) is 1.22. The number of hydrogen-bond acceptors (Lipinski definition) is 4. The van der Waals surface area contributed by atoms with Crippen LogP contribution in [0.4, 0.5) is 4.79 Å². The van der Waals surface area contributed by atoms with E-state index in [0.29, 0.717) is 12.6 Å². The normalized spacial score (nSPS) is 12.8. The van der Waals surface area contributed by atoms with Gasteiger partial charge in [-0.15, -0.1) is 0 Å². The van der Waals surface area contributed by atoms with Crippen molar-refractivity contribution in [2.24, 2.45) is 0 Å². The summed E-state index contributed by atoms with van der Waals surface area (Å²) in [6, 6.07) is -0.803. The zero-order valence-electron chi connectivity index (χ0n) is 8.57. The van der Waals surface area contributed by atoms with Gasteiger partial charge in [-0.3, -0.25) is 0 Å². The molecule has 1 atom stereocenters. The molecule has 0 saturated heterocycles. The van der Waals surface area contributed by atoms with Crippen molar-refractivity contribution in [1.29, 1.82) is 0 Å². The summed E-state index contributed by atoms with van der Waals surface area (Å²) in [5, 5.41) is 2.26. The quantitative estimate of drug-likeness (QED) is 0.678. The van der Waals surface area contributed by atoms with Crippen molar-refractivity contribution >= 4 is 18.7 Å². The molecular formula is C9H15NO4. The Kier molecular flexibility index (Phi) is 4.83.